The molecular formula is C14H32O6Si2. The van der Waals surface area contributed by atoms with Crippen molar-refractivity contribution in [2.45, 2.75) is 45.1 Å². The van der Waals surface area contributed by atoms with Crippen molar-refractivity contribution in [3.05, 3.63) is 0 Å². The molecule has 2 saturated heterocycles. The van der Waals surface area contributed by atoms with E-state index >= 15 is 0 Å². The normalized spacial score (nSPS) is 23.0. The minimum absolute atomic E-state index is 0.363. The molecule has 0 aliphatic carbocycles. The standard InChI is InChI=1S/C11H24O4Si.C3H8O2Si/c1-4-14-16(3,15-5-2)8-6-7-12-9-11-10-13-11;6-5-2-3-1-4-3/h11H,4-10H2,1-3H3;3H,1-2H2,6H3. The predicted molar refractivity (Wildman–Crippen MR) is 90.5 cm³/mol. The molecule has 0 N–H and O–H groups in total. The van der Waals surface area contributed by atoms with E-state index in [4.69, 9.17) is 27.5 Å². The Labute approximate surface area is 138 Å². The molecule has 2 rings (SSSR count). The Hall–Kier alpha value is 0.194. The van der Waals surface area contributed by atoms with Crippen LogP contribution in [0.5, 0.6) is 0 Å². The van der Waals surface area contributed by atoms with Crippen molar-refractivity contribution < 1.29 is 27.5 Å². The van der Waals surface area contributed by atoms with E-state index in [0.29, 0.717) is 12.2 Å². The van der Waals surface area contributed by atoms with Gasteiger partial charge in [-0.2, -0.15) is 0 Å². The zero-order chi connectivity index (χ0) is 16.3. The van der Waals surface area contributed by atoms with Crippen LogP contribution in [-0.2, 0) is 27.5 Å². The van der Waals surface area contributed by atoms with E-state index in [-0.39, 0.29) is 0 Å². The second-order valence-corrected chi connectivity index (χ2v) is 9.47. The molecule has 0 saturated carbocycles. The van der Waals surface area contributed by atoms with Gasteiger partial charge in [0, 0.05) is 19.8 Å². The zero-order valence-corrected chi connectivity index (χ0v) is 17.5. The van der Waals surface area contributed by atoms with Crippen LogP contribution in [0.2, 0.25) is 12.6 Å². The van der Waals surface area contributed by atoms with Crippen LogP contribution in [0.3, 0.4) is 0 Å². The fourth-order valence-electron chi connectivity index (χ4n) is 2.02. The first kappa shape index (κ1) is 20.2. The third-order valence-corrected chi connectivity index (χ3v) is 6.67. The van der Waals surface area contributed by atoms with Gasteiger partial charge in [0.25, 0.3) is 0 Å². The summed E-state index contributed by atoms with van der Waals surface area (Å²) in [7, 11) is -1.08. The van der Waals surface area contributed by atoms with E-state index in [1.807, 2.05) is 13.8 Å². The van der Waals surface area contributed by atoms with E-state index in [1.54, 1.807) is 0 Å². The lowest BCUT2D eigenvalue weighted by atomic mass is 10.5. The van der Waals surface area contributed by atoms with Crippen molar-refractivity contribution in [3.63, 3.8) is 0 Å². The number of hydrogen-bond acceptors (Lipinski definition) is 6. The number of ether oxygens (including phenoxy) is 3. The molecule has 0 bridgehead atoms. The minimum Gasteiger partial charge on any atom is -0.425 e. The van der Waals surface area contributed by atoms with Gasteiger partial charge in [-0.3, -0.25) is 0 Å². The Balaban J connectivity index is 0.000000335. The van der Waals surface area contributed by atoms with E-state index in [1.165, 1.54) is 0 Å². The summed E-state index contributed by atoms with van der Waals surface area (Å²) in [5.74, 6) is 0. The van der Waals surface area contributed by atoms with Crippen LogP contribution in [0.25, 0.3) is 0 Å². The first-order chi connectivity index (χ1) is 10.6. The van der Waals surface area contributed by atoms with Crippen LogP contribution in [-0.4, -0.2) is 77.5 Å². The first-order valence-corrected chi connectivity index (χ1v) is 11.5. The van der Waals surface area contributed by atoms with Crippen molar-refractivity contribution >= 4 is 19.0 Å². The molecule has 0 aromatic carbocycles. The van der Waals surface area contributed by atoms with Crippen LogP contribution in [0.4, 0.5) is 0 Å². The Kier molecular flexibility index (Phi) is 10.8. The van der Waals surface area contributed by atoms with Crippen molar-refractivity contribution in [1.29, 1.82) is 0 Å². The molecule has 2 fully saturated rings. The molecule has 0 amide bonds. The quantitative estimate of drug-likeness (QED) is 0.291. The van der Waals surface area contributed by atoms with Crippen molar-refractivity contribution in [2.75, 3.05) is 46.2 Å². The van der Waals surface area contributed by atoms with E-state index in [2.05, 4.69) is 6.55 Å². The summed E-state index contributed by atoms with van der Waals surface area (Å²) in [6, 6.07) is 1.00. The molecule has 6 nitrogen and oxygen atoms in total. The summed E-state index contributed by atoms with van der Waals surface area (Å²) in [6.45, 7) is 11.8. The van der Waals surface area contributed by atoms with Gasteiger partial charge in [-0.25, -0.2) is 0 Å². The maximum absolute atomic E-state index is 5.75. The lowest BCUT2D eigenvalue weighted by Gasteiger charge is -2.25. The average molecular weight is 353 g/mol. The summed E-state index contributed by atoms with van der Waals surface area (Å²) in [6.07, 6.45) is 1.83. The molecule has 2 unspecified atom stereocenters. The molecule has 132 valence electrons. The van der Waals surface area contributed by atoms with Crippen LogP contribution >= 0.6 is 0 Å². The molecule has 2 atom stereocenters. The average Bonchev–Trinajstić information content (AvgIpc) is 3.35. The van der Waals surface area contributed by atoms with Crippen LogP contribution in [0, 0.1) is 0 Å². The Bertz CT molecular complexity index is 268. The maximum atomic E-state index is 5.75. The molecule has 22 heavy (non-hydrogen) atoms. The second kappa shape index (κ2) is 11.7. The van der Waals surface area contributed by atoms with Crippen molar-refractivity contribution in [2.24, 2.45) is 0 Å². The SMILES string of the molecule is CCO[Si](C)(CCCOCC1CO1)OCC.[SiH3]OCC1CO1. The fraction of sp³-hybridized carbons (Fsp3) is 1.00. The number of hydrogen-bond donors (Lipinski definition) is 0. The van der Waals surface area contributed by atoms with E-state index in [9.17, 15) is 0 Å². The molecule has 8 heteroatoms. The summed E-state index contributed by atoms with van der Waals surface area (Å²) in [4.78, 5) is 0. The van der Waals surface area contributed by atoms with Gasteiger partial charge in [-0.1, -0.05) is 0 Å². The lowest BCUT2D eigenvalue weighted by molar-refractivity contribution is 0.113. The summed E-state index contributed by atoms with van der Waals surface area (Å²) in [5.41, 5.74) is 0. The van der Waals surface area contributed by atoms with Gasteiger partial charge in [0.05, 0.1) is 26.4 Å². The highest BCUT2D eigenvalue weighted by molar-refractivity contribution is 6.66. The largest absolute Gasteiger partial charge is 0.425 e. The molecule has 2 aliphatic heterocycles. The molecule has 0 radical (unpaired) electrons. The highest BCUT2D eigenvalue weighted by Gasteiger charge is 2.30. The van der Waals surface area contributed by atoms with Crippen molar-refractivity contribution in [3.8, 4) is 0 Å². The van der Waals surface area contributed by atoms with Gasteiger partial charge in [0.15, 0.2) is 0 Å². The van der Waals surface area contributed by atoms with Crippen LogP contribution < -0.4 is 0 Å². The molecule has 0 aromatic rings. The van der Waals surface area contributed by atoms with Crippen molar-refractivity contribution in [1.82, 2.24) is 0 Å². The third-order valence-electron chi connectivity index (χ3n) is 3.28. The Morgan fingerprint density at radius 3 is 2.00 bits per heavy atom. The monoisotopic (exact) mass is 352 g/mol. The number of epoxide rings is 2. The molecule has 0 spiro atoms. The van der Waals surface area contributed by atoms with E-state index in [0.717, 1.165) is 69.2 Å². The summed E-state index contributed by atoms with van der Waals surface area (Å²) in [5, 5.41) is 0. The van der Waals surface area contributed by atoms with E-state index < -0.39 is 8.56 Å². The fourth-order valence-corrected chi connectivity index (χ4v) is 4.77. The van der Waals surface area contributed by atoms with Gasteiger partial charge >= 0.3 is 8.56 Å². The smallest absolute Gasteiger partial charge is 0.334 e. The first-order valence-electron chi connectivity index (χ1n) is 8.21. The van der Waals surface area contributed by atoms with Gasteiger partial charge < -0.3 is 27.5 Å². The molecule has 2 heterocycles. The van der Waals surface area contributed by atoms with Gasteiger partial charge in [0.1, 0.15) is 22.7 Å². The van der Waals surface area contributed by atoms with Gasteiger partial charge in [-0.15, -0.1) is 0 Å². The predicted octanol–water partition coefficient (Wildman–Crippen LogP) is 0.619. The Morgan fingerprint density at radius 2 is 1.59 bits per heavy atom. The van der Waals surface area contributed by atoms with Crippen LogP contribution in [0.15, 0.2) is 0 Å². The van der Waals surface area contributed by atoms with Gasteiger partial charge in [-0.05, 0) is 32.9 Å². The number of rotatable bonds is 12. The molecular weight excluding hydrogens is 320 g/mol. The summed E-state index contributed by atoms with van der Waals surface area (Å²) >= 11 is 0. The highest BCUT2D eigenvalue weighted by Crippen LogP contribution is 2.16. The molecule has 0 aromatic heterocycles. The Morgan fingerprint density at radius 1 is 1.05 bits per heavy atom. The van der Waals surface area contributed by atoms with Gasteiger partial charge in [0.2, 0.25) is 0 Å². The maximum Gasteiger partial charge on any atom is 0.334 e. The molecule has 2 aliphatic rings. The minimum atomic E-state index is -1.92. The third kappa shape index (κ3) is 10.8. The topological polar surface area (TPSA) is 62.0 Å². The zero-order valence-electron chi connectivity index (χ0n) is 14.5. The highest BCUT2D eigenvalue weighted by atomic mass is 28.4. The lowest BCUT2D eigenvalue weighted by Crippen LogP contribution is -2.38. The second-order valence-electron chi connectivity index (χ2n) is 5.54. The summed E-state index contributed by atoms with van der Waals surface area (Å²) < 4.78 is 31.8. The van der Waals surface area contributed by atoms with Crippen LogP contribution in [0.1, 0.15) is 20.3 Å².